The highest BCUT2D eigenvalue weighted by molar-refractivity contribution is 6.34. The zero-order valence-electron chi connectivity index (χ0n) is 9.75. The molecule has 0 aromatic heterocycles. The van der Waals surface area contributed by atoms with Gasteiger partial charge < -0.3 is 5.73 Å². The Morgan fingerprint density at radius 3 is 2.47 bits per heavy atom. The van der Waals surface area contributed by atoms with Crippen LogP contribution in [0.2, 0.25) is 0 Å². The Balaban J connectivity index is 2.67. The lowest BCUT2D eigenvalue weighted by Crippen LogP contribution is -2.35. The van der Waals surface area contributed by atoms with Crippen molar-refractivity contribution in [1.29, 1.82) is 10.5 Å². The fourth-order valence-electron chi connectivity index (χ4n) is 1.97. The summed E-state index contributed by atoms with van der Waals surface area (Å²) in [6, 6.07) is 10.0. The quantitative estimate of drug-likeness (QED) is 0.603. The summed E-state index contributed by atoms with van der Waals surface area (Å²) in [5.41, 5.74) is 5.78. The Labute approximate surface area is 108 Å². The van der Waals surface area contributed by atoms with Gasteiger partial charge in [0.15, 0.2) is 0 Å². The second-order valence-electron chi connectivity index (χ2n) is 3.85. The first kappa shape index (κ1) is 12.3. The van der Waals surface area contributed by atoms with Crippen LogP contribution in [0.1, 0.15) is 5.56 Å². The van der Waals surface area contributed by atoms with Gasteiger partial charge in [0.25, 0.3) is 5.91 Å². The van der Waals surface area contributed by atoms with Crippen molar-refractivity contribution in [1.82, 2.24) is 0 Å². The minimum atomic E-state index is -0.667. The smallest absolute Gasteiger partial charge is 0.261 e. The van der Waals surface area contributed by atoms with E-state index in [0.717, 1.165) is 0 Å². The molecule has 2 rings (SSSR count). The number of fused-ring (bicyclic) bond motifs is 1. The van der Waals surface area contributed by atoms with Crippen molar-refractivity contribution >= 4 is 23.1 Å². The molecule has 19 heavy (non-hydrogen) atoms. The van der Waals surface area contributed by atoms with Crippen molar-refractivity contribution < 1.29 is 9.59 Å². The minimum Gasteiger partial charge on any atom is -0.368 e. The third kappa shape index (κ3) is 1.92. The summed E-state index contributed by atoms with van der Waals surface area (Å²) < 4.78 is 0. The van der Waals surface area contributed by atoms with Gasteiger partial charge in [0.2, 0.25) is 5.91 Å². The zero-order valence-corrected chi connectivity index (χ0v) is 9.75. The van der Waals surface area contributed by atoms with Crippen LogP contribution in [0.4, 0.5) is 5.69 Å². The Morgan fingerprint density at radius 1 is 1.26 bits per heavy atom. The molecule has 0 fully saturated rings. The summed E-state index contributed by atoms with van der Waals surface area (Å²) in [4.78, 5) is 24.4. The molecule has 6 nitrogen and oxygen atoms in total. The molecule has 0 spiro atoms. The highest BCUT2D eigenvalue weighted by Gasteiger charge is 2.35. The van der Waals surface area contributed by atoms with E-state index < -0.39 is 11.8 Å². The van der Waals surface area contributed by atoms with E-state index in [1.165, 1.54) is 4.90 Å². The van der Waals surface area contributed by atoms with Gasteiger partial charge in [0.05, 0.1) is 11.3 Å². The number of nitrogens with zero attached hydrogens (tertiary/aromatic N) is 3. The third-order valence-electron chi connectivity index (χ3n) is 2.71. The summed E-state index contributed by atoms with van der Waals surface area (Å²) in [5.74, 6) is -1.22. The van der Waals surface area contributed by atoms with E-state index >= 15 is 0 Å². The zero-order chi connectivity index (χ0) is 14.0. The lowest BCUT2D eigenvalue weighted by molar-refractivity contribution is -0.119. The number of carbonyl (C=O) groups is 2. The van der Waals surface area contributed by atoms with Crippen LogP contribution in [0.5, 0.6) is 0 Å². The number of nitriles is 2. The topological polar surface area (TPSA) is 111 Å². The Kier molecular flexibility index (Phi) is 3.01. The summed E-state index contributed by atoms with van der Waals surface area (Å²) in [6.45, 7) is -0.288. The predicted molar refractivity (Wildman–Crippen MR) is 66.1 cm³/mol. The average molecular weight is 252 g/mol. The number of para-hydroxylation sites is 1. The number of primary amides is 1. The van der Waals surface area contributed by atoms with Gasteiger partial charge in [-0.2, -0.15) is 10.5 Å². The second kappa shape index (κ2) is 4.63. The summed E-state index contributed by atoms with van der Waals surface area (Å²) in [5, 5.41) is 17.8. The monoisotopic (exact) mass is 252 g/mol. The van der Waals surface area contributed by atoms with Crippen molar-refractivity contribution in [3.63, 3.8) is 0 Å². The van der Waals surface area contributed by atoms with Crippen LogP contribution < -0.4 is 10.6 Å². The number of anilines is 1. The van der Waals surface area contributed by atoms with Gasteiger partial charge in [-0.15, -0.1) is 0 Å². The maximum absolute atomic E-state index is 12.2. The number of rotatable bonds is 2. The number of benzene rings is 1. The van der Waals surface area contributed by atoms with Crippen LogP contribution in [0.25, 0.3) is 5.57 Å². The van der Waals surface area contributed by atoms with E-state index in [0.29, 0.717) is 11.3 Å². The molecule has 0 bridgehead atoms. The van der Waals surface area contributed by atoms with E-state index in [1.54, 1.807) is 36.4 Å². The Bertz CT molecular complexity index is 675. The van der Waals surface area contributed by atoms with Gasteiger partial charge in [-0.3, -0.25) is 14.5 Å². The fraction of sp³-hybridized carbons (Fsp3) is 0.0769. The molecule has 1 aromatic carbocycles. The molecule has 0 radical (unpaired) electrons. The Hall–Kier alpha value is -3.12. The molecule has 6 heteroatoms. The predicted octanol–water partition coefficient (Wildman–Crippen LogP) is 0.319. The number of carbonyl (C=O) groups excluding carboxylic acids is 2. The number of hydrogen-bond donors (Lipinski definition) is 1. The first-order valence-corrected chi connectivity index (χ1v) is 5.34. The highest BCUT2D eigenvalue weighted by atomic mass is 16.2. The van der Waals surface area contributed by atoms with E-state index in [-0.39, 0.29) is 17.7 Å². The van der Waals surface area contributed by atoms with Crippen LogP contribution in [-0.2, 0) is 9.59 Å². The first-order chi connectivity index (χ1) is 9.10. The molecule has 0 saturated heterocycles. The van der Waals surface area contributed by atoms with Crippen LogP contribution in [0, 0.1) is 22.7 Å². The van der Waals surface area contributed by atoms with E-state index in [4.69, 9.17) is 16.3 Å². The number of nitrogens with two attached hydrogens (primary N) is 1. The molecule has 0 unspecified atom stereocenters. The molecule has 2 amide bonds. The number of amides is 2. The Morgan fingerprint density at radius 2 is 1.89 bits per heavy atom. The number of hydrogen-bond acceptors (Lipinski definition) is 4. The van der Waals surface area contributed by atoms with E-state index in [1.807, 2.05) is 0 Å². The van der Waals surface area contributed by atoms with Crippen LogP contribution in [-0.4, -0.2) is 18.4 Å². The standard InChI is InChI=1S/C13H8N4O2/c14-5-8(6-15)12-9-3-1-2-4-10(9)17(13(12)19)7-11(16)18/h1-4H,7H2,(H2,16,18). The van der Waals surface area contributed by atoms with Crippen molar-refractivity contribution in [3.8, 4) is 12.1 Å². The normalized spacial score (nSPS) is 12.6. The second-order valence-corrected chi connectivity index (χ2v) is 3.85. The molecule has 0 saturated carbocycles. The minimum absolute atomic E-state index is 0.0156. The molecule has 1 aliphatic heterocycles. The van der Waals surface area contributed by atoms with Gasteiger partial charge in [-0.05, 0) is 6.07 Å². The van der Waals surface area contributed by atoms with Crippen LogP contribution in [0.15, 0.2) is 29.8 Å². The fourth-order valence-corrected chi connectivity index (χ4v) is 1.97. The van der Waals surface area contributed by atoms with E-state index in [2.05, 4.69) is 0 Å². The lowest BCUT2D eigenvalue weighted by atomic mass is 10.0. The summed E-state index contributed by atoms with van der Waals surface area (Å²) in [6.07, 6.45) is 0. The molecule has 1 aliphatic rings. The maximum atomic E-state index is 12.2. The SMILES string of the molecule is N#CC(C#N)=C1C(=O)N(CC(N)=O)c2ccccc21. The van der Waals surface area contributed by atoms with Gasteiger partial charge in [-0.25, -0.2) is 0 Å². The van der Waals surface area contributed by atoms with E-state index in [9.17, 15) is 9.59 Å². The van der Waals surface area contributed by atoms with Crippen LogP contribution >= 0.6 is 0 Å². The molecule has 1 aromatic rings. The summed E-state index contributed by atoms with van der Waals surface area (Å²) in [7, 11) is 0. The van der Waals surface area contributed by atoms with Crippen molar-refractivity contribution in [2.75, 3.05) is 11.4 Å². The molecule has 0 atom stereocenters. The number of allylic oxidation sites excluding steroid dienone is 1. The van der Waals surface area contributed by atoms with Crippen molar-refractivity contribution in [2.45, 2.75) is 0 Å². The lowest BCUT2D eigenvalue weighted by Gasteiger charge is -2.14. The third-order valence-corrected chi connectivity index (χ3v) is 2.71. The maximum Gasteiger partial charge on any atom is 0.261 e. The van der Waals surface area contributed by atoms with Crippen molar-refractivity contribution in [3.05, 3.63) is 35.4 Å². The highest BCUT2D eigenvalue weighted by Crippen LogP contribution is 2.37. The van der Waals surface area contributed by atoms with Crippen molar-refractivity contribution in [2.24, 2.45) is 5.73 Å². The molecule has 92 valence electrons. The molecule has 1 heterocycles. The summed E-state index contributed by atoms with van der Waals surface area (Å²) >= 11 is 0. The van der Waals surface area contributed by atoms with Gasteiger partial charge in [-0.1, -0.05) is 18.2 Å². The average Bonchev–Trinajstić information content (AvgIpc) is 2.66. The molecule has 0 aliphatic carbocycles. The largest absolute Gasteiger partial charge is 0.368 e. The van der Waals surface area contributed by atoms with Crippen LogP contribution in [0.3, 0.4) is 0 Å². The van der Waals surface area contributed by atoms with Gasteiger partial charge >= 0.3 is 0 Å². The van der Waals surface area contributed by atoms with Gasteiger partial charge in [0.1, 0.15) is 24.3 Å². The molecular weight excluding hydrogens is 244 g/mol. The molecule has 2 N–H and O–H groups in total. The molecular formula is C13H8N4O2. The van der Waals surface area contributed by atoms with Gasteiger partial charge in [0, 0.05) is 5.56 Å². The first-order valence-electron chi connectivity index (χ1n) is 5.34.